The molecule has 1 aromatic heterocycles. The number of hydrogen-bond donors (Lipinski definition) is 1. The Morgan fingerprint density at radius 3 is 2.47 bits per heavy atom. The monoisotopic (exact) mass is 279 g/mol. The molecule has 0 radical (unpaired) electrons. The fraction of sp³-hybridized carbons (Fsp3) is 0.333. The van der Waals surface area contributed by atoms with Gasteiger partial charge in [0.25, 0.3) is 0 Å². The highest BCUT2D eigenvalue weighted by Crippen LogP contribution is 2.33. The van der Waals surface area contributed by atoms with Gasteiger partial charge < -0.3 is 10.1 Å². The highest BCUT2D eigenvalue weighted by molar-refractivity contribution is 7.12. The normalized spacial score (nSPS) is 12.5. The van der Waals surface area contributed by atoms with E-state index < -0.39 is 0 Å². The summed E-state index contributed by atoms with van der Waals surface area (Å²) in [4.78, 5) is 2.39. The van der Waals surface area contributed by atoms with Crippen LogP contribution in [0.3, 0.4) is 0 Å². The van der Waals surface area contributed by atoms with Crippen molar-refractivity contribution in [3.05, 3.63) is 51.0 Å². The summed E-state index contributed by atoms with van der Waals surface area (Å²) in [5.41, 5.74) is 1.84. The molecule has 0 saturated carbocycles. The quantitative estimate of drug-likeness (QED) is 0.918. The third kappa shape index (κ3) is 2.80. The number of rotatable bonds is 4. The average molecular weight is 279 g/mol. The summed E-state index contributed by atoms with van der Waals surface area (Å²) in [5, 5.41) is 3.20. The van der Waals surface area contributed by atoms with E-state index in [1.165, 1.54) is 23.6 Å². The zero-order valence-corrected chi connectivity index (χ0v) is 12.4. The molecule has 2 aromatic rings. The molecule has 0 aliphatic carbocycles. The van der Waals surface area contributed by atoms with Crippen LogP contribution in [0.5, 0.6) is 5.75 Å². The lowest BCUT2D eigenvalue weighted by molar-refractivity contribution is 0.410. The number of methoxy groups -OCH3 is 1. The Kier molecular flexibility index (Phi) is 4.22. The fourth-order valence-electron chi connectivity index (χ4n) is 2.24. The molecular weight excluding hydrogens is 261 g/mol. The molecule has 2 nitrogen and oxygen atoms in total. The van der Waals surface area contributed by atoms with E-state index in [0.717, 1.165) is 4.88 Å². The van der Waals surface area contributed by atoms with Crippen molar-refractivity contribution >= 4 is 11.3 Å². The summed E-state index contributed by atoms with van der Waals surface area (Å²) in [5.74, 6) is 0.291. The van der Waals surface area contributed by atoms with Crippen LogP contribution in [0, 0.1) is 19.7 Å². The SMILES string of the molecule is CNC(c1ccc(OC)cc1F)c1sc(C)cc1C. The second-order valence-corrected chi connectivity index (χ2v) is 5.80. The predicted octanol–water partition coefficient (Wildman–Crippen LogP) is 3.82. The molecule has 1 heterocycles. The average Bonchev–Trinajstić information content (AvgIpc) is 2.71. The third-order valence-electron chi connectivity index (χ3n) is 3.15. The molecule has 0 saturated heterocycles. The summed E-state index contributed by atoms with van der Waals surface area (Å²) in [7, 11) is 3.39. The van der Waals surface area contributed by atoms with Crippen LogP contribution in [-0.2, 0) is 0 Å². The molecule has 102 valence electrons. The minimum absolute atomic E-state index is 0.121. The number of nitrogens with one attached hydrogen (secondary N) is 1. The summed E-state index contributed by atoms with van der Waals surface area (Å²) in [6, 6.07) is 7.01. The Hall–Kier alpha value is -1.39. The highest BCUT2D eigenvalue weighted by atomic mass is 32.1. The zero-order valence-electron chi connectivity index (χ0n) is 11.6. The van der Waals surface area contributed by atoms with Crippen molar-refractivity contribution in [2.45, 2.75) is 19.9 Å². The minimum Gasteiger partial charge on any atom is -0.497 e. The summed E-state index contributed by atoms with van der Waals surface area (Å²) in [6.45, 7) is 4.13. The van der Waals surface area contributed by atoms with E-state index in [1.807, 2.05) is 7.05 Å². The van der Waals surface area contributed by atoms with Gasteiger partial charge in [0.1, 0.15) is 11.6 Å². The van der Waals surface area contributed by atoms with Crippen LogP contribution in [0.4, 0.5) is 4.39 Å². The molecule has 0 fully saturated rings. The van der Waals surface area contributed by atoms with Gasteiger partial charge in [-0.15, -0.1) is 11.3 Å². The second kappa shape index (κ2) is 5.72. The van der Waals surface area contributed by atoms with Crippen molar-refractivity contribution in [1.29, 1.82) is 0 Å². The van der Waals surface area contributed by atoms with Crippen molar-refractivity contribution in [1.82, 2.24) is 5.32 Å². The Morgan fingerprint density at radius 1 is 1.26 bits per heavy atom. The van der Waals surface area contributed by atoms with E-state index >= 15 is 0 Å². The number of hydrogen-bond acceptors (Lipinski definition) is 3. The van der Waals surface area contributed by atoms with Crippen molar-refractivity contribution in [2.75, 3.05) is 14.2 Å². The molecule has 0 aliphatic heterocycles. The third-order valence-corrected chi connectivity index (χ3v) is 4.37. The van der Waals surface area contributed by atoms with Gasteiger partial charge >= 0.3 is 0 Å². The van der Waals surface area contributed by atoms with Crippen LogP contribution < -0.4 is 10.1 Å². The lowest BCUT2D eigenvalue weighted by atomic mass is 10.0. The van der Waals surface area contributed by atoms with E-state index in [4.69, 9.17) is 4.74 Å². The maximum Gasteiger partial charge on any atom is 0.132 e. The molecule has 19 heavy (non-hydrogen) atoms. The van der Waals surface area contributed by atoms with E-state index in [1.54, 1.807) is 23.5 Å². The Balaban J connectivity index is 2.45. The van der Waals surface area contributed by atoms with E-state index in [0.29, 0.717) is 11.3 Å². The number of thiophene rings is 1. The first-order chi connectivity index (χ1) is 9.06. The van der Waals surface area contributed by atoms with Gasteiger partial charge in [-0.05, 0) is 38.6 Å². The topological polar surface area (TPSA) is 21.3 Å². The maximum absolute atomic E-state index is 14.2. The highest BCUT2D eigenvalue weighted by Gasteiger charge is 2.20. The first-order valence-corrected chi connectivity index (χ1v) is 6.96. The van der Waals surface area contributed by atoms with Crippen LogP contribution in [0.25, 0.3) is 0 Å². The Morgan fingerprint density at radius 2 is 2.00 bits per heavy atom. The molecule has 1 unspecified atom stereocenters. The van der Waals surface area contributed by atoms with Gasteiger partial charge in [-0.2, -0.15) is 0 Å². The Bertz CT molecular complexity index is 580. The smallest absolute Gasteiger partial charge is 0.132 e. The number of ether oxygens (including phenoxy) is 1. The predicted molar refractivity (Wildman–Crippen MR) is 77.6 cm³/mol. The Labute approximate surface area is 117 Å². The lowest BCUT2D eigenvalue weighted by Crippen LogP contribution is -2.18. The standard InChI is InChI=1S/C15H18FNOS/c1-9-7-10(2)19-15(9)14(17-3)12-6-5-11(18-4)8-13(12)16/h5-8,14,17H,1-4H3. The molecule has 0 spiro atoms. The van der Waals surface area contributed by atoms with Gasteiger partial charge in [0, 0.05) is 21.4 Å². The lowest BCUT2D eigenvalue weighted by Gasteiger charge is -2.17. The van der Waals surface area contributed by atoms with Crippen molar-refractivity contribution < 1.29 is 9.13 Å². The number of benzene rings is 1. The van der Waals surface area contributed by atoms with Gasteiger partial charge in [-0.1, -0.05) is 6.07 Å². The van der Waals surface area contributed by atoms with Crippen LogP contribution in [0.1, 0.15) is 26.9 Å². The molecule has 2 rings (SSSR count). The van der Waals surface area contributed by atoms with Crippen LogP contribution in [-0.4, -0.2) is 14.2 Å². The van der Waals surface area contributed by atoms with Crippen LogP contribution in [0.15, 0.2) is 24.3 Å². The maximum atomic E-state index is 14.2. The van der Waals surface area contributed by atoms with Gasteiger partial charge in [0.05, 0.1) is 13.2 Å². The molecule has 1 atom stereocenters. The van der Waals surface area contributed by atoms with Crippen molar-refractivity contribution in [3.63, 3.8) is 0 Å². The molecule has 1 aromatic carbocycles. The first kappa shape index (κ1) is 14.0. The van der Waals surface area contributed by atoms with Crippen LogP contribution >= 0.6 is 11.3 Å². The molecular formula is C15H18FNOS. The summed E-state index contributed by atoms with van der Waals surface area (Å²) >= 11 is 1.70. The number of halogens is 1. The van der Waals surface area contributed by atoms with E-state index in [9.17, 15) is 4.39 Å². The first-order valence-electron chi connectivity index (χ1n) is 6.14. The molecule has 0 aliphatic rings. The van der Waals surface area contributed by atoms with Gasteiger partial charge in [-0.3, -0.25) is 0 Å². The zero-order chi connectivity index (χ0) is 14.0. The fourth-order valence-corrected chi connectivity index (χ4v) is 3.41. The van der Waals surface area contributed by atoms with Gasteiger partial charge in [-0.25, -0.2) is 4.39 Å². The molecule has 1 N–H and O–H groups in total. The second-order valence-electron chi connectivity index (χ2n) is 4.51. The summed E-state index contributed by atoms with van der Waals surface area (Å²) in [6.07, 6.45) is 0. The van der Waals surface area contributed by atoms with Crippen molar-refractivity contribution in [2.24, 2.45) is 0 Å². The van der Waals surface area contributed by atoms with Gasteiger partial charge in [0.15, 0.2) is 0 Å². The number of aryl methyl sites for hydroxylation is 2. The molecule has 0 bridgehead atoms. The van der Waals surface area contributed by atoms with Crippen LogP contribution in [0.2, 0.25) is 0 Å². The van der Waals surface area contributed by atoms with Gasteiger partial charge in [0.2, 0.25) is 0 Å². The van der Waals surface area contributed by atoms with E-state index in [-0.39, 0.29) is 11.9 Å². The van der Waals surface area contributed by atoms with Crippen molar-refractivity contribution in [3.8, 4) is 5.75 Å². The largest absolute Gasteiger partial charge is 0.497 e. The molecule has 0 amide bonds. The van der Waals surface area contributed by atoms with E-state index in [2.05, 4.69) is 25.2 Å². The molecule has 4 heteroatoms. The summed E-state index contributed by atoms with van der Waals surface area (Å²) < 4.78 is 19.2. The minimum atomic E-state index is -0.246.